The molecule has 1 aromatic heterocycles. The molecule has 4 heteroatoms. The van der Waals surface area contributed by atoms with Crippen LogP contribution in [0, 0.1) is 6.92 Å². The minimum Gasteiger partial charge on any atom is -0.419 e. The molecule has 0 atom stereocenters. The average molecular weight is 321 g/mol. The normalized spacial score (nSPS) is 11.5. The van der Waals surface area contributed by atoms with Gasteiger partial charge in [0.15, 0.2) is 0 Å². The molecule has 124 valence electrons. The Morgan fingerprint density at radius 3 is 2.33 bits per heavy atom. The van der Waals surface area contributed by atoms with Crippen molar-refractivity contribution >= 4 is 5.69 Å². The lowest BCUT2D eigenvalue weighted by Gasteiger charge is -2.19. The summed E-state index contributed by atoms with van der Waals surface area (Å²) in [4.78, 5) is 0. The van der Waals surface area contributed by atoms with Gasteiger partial charge in [0.2, 0.25) is 11.8 Å². The Kier molecular flexibility index (Phi) is 4.38. The number of rotatable bonds is 4. The Bertz CT molecular complexity index is 813. The highest BCUT2D eigenvalue weighted by atomic mass is 16.4. The largest absolute Gasteiger partial charge is 0.419 e. The molecule has 3 rings (SSSR count). The molecule has 0 aliphatic heterocycles. The van der Waals surface area contributed by atoms with Gasteiger partial charge in [-0.15, -0.1) is 10.2 Å². The summed E-state index contributed by atoms with van der Waals surface area (Å²) in [7, 11) is 0. The monoisotopic (exact) mass is 321 g/mol. The van der Waals surface area contributed by atoms with Gasteiger partial charge in [-0.05, 0) is 41.7 Å². The summed E-state index contributed by atoms with van der Waals surface area (Å²) in [5, 5.41) is 11.6. The summed E-state index contributed by atoms with van der Waals surface area (Å²) >= 11 is 0. The summed E-state index contributed by atoms with van der Waals surface area (Å²) in [6, 6.07) is 16.5. The molecule has 4 nitrogen and oxygen atoms in total. The summed E-state index contributed by atoms with van der Waals surface area (Å²) in [6.07, 6.45) is 0. The van der Waals surface area contributed by atoms with E-state index in [-0.39, 0.29) is 5.41 Å². The molecular formula is C20H23N3O. The smallest absolute Gasteiger partial charge is 0.248 e. The van der Waals surface area contributed by atoms with Crippen LogP contribution in [0.25, 0.3) is 11.5 Å². The second-order valence-corrected chi connectivity index (χ2v) is 7.00. The minimum absolute atomic E-state index is 0.160. The van der Waals surface area contributed by atoms with Crippen molar-refractivity contribution in [2.75, 3.05) is 5.32 Å². The second kappa shape index (κ2) is 6.48. The van der Waals surface area contributed by atoms with Crippen LogP contribution in [0.2, 0.25) is 0 Å². The van der Waals surface area contributed by atoms with Crippen LogP contribution >= 0.6 is 0 Å². The van der Waals surface area contributed by atoms with Crippen molar-refractivity contribution < 1.29 is 4.42 Å². The van der Waals surface area contributed by atoms with Crippen LogP contribution in [0.5, 0.6) is 0 Å². The number of hydrogen-bond donors (Lipinski definition) is 1. The molecule has 2 aromatic carbocycles. The predicted molar refractivity (Wildman–Crippen MR) is 96.9 cm³/mol. The molecule has 0 amide bonds. The molecule has 0 unspecified atom stereocenters. The maximum Gasteiger partial charge on any atom is 0.248 e. The second-order valence-electron chi connectivity index (χ2n) is 7.00. The van der Waals surface area contributed by atoms with Crippen LogP contribution in [-0.4, -0.2) is 10.2 Å². The Hall–Kier alpha value is -2.62. The standard InChI is InChI=1S/C20H23N3O/c1-14-7-5-6-8-17(14)19-23-22-18(24-19)13-21-16-11-9-15(10-12-16)20(2,3)4/h5-12,21H,13H2,1-4H3. The van der Waals surface area contributed by atoms with Crippen molar-refractivity contribution in [3.8, 4) is 11.5 Å². The SMILES string of the molecule is Cc1ccccc1-c1nnc(CNc2ccc(C(C)(C)C)cc2)o1. The lowest BCUT2D eigenvalue weighted by atomic mass is 9.87. The van der Waals surface area contributed by atoms with E-state index in [0.717, 1.165) is 16.8 Å². The maximum absolute atomic E-state index is 5.77. The molecular weight excluding hydrogens is 298 g/mol. The fourth-order valence-electron chi connectivity index (χ4n) is 2.51. The fraction of sp³-hybridized carbons (Fsp3) is 0.300. The van der Waals surface area contributed by atoms with Gasteiger partial charge in [-0.3, -0.25) is 0 Å². The van der Waals surface area contributed by atoms with E-state index < -0.39 is 0 Å². The first-order valence-corrected chi connectivity index (χ1v) is 8.16. The topological polar surface area (TPSA) is 51.0 Å². The van der Waals surface area contributed by atoms with E-state index >= 15 is 0 Å². The van der Waals surface area contributed by atoms with Gasteiger partial charge in [0.25, 0.3) is 0 Å². The number of aromatic nitrogens is 2. The Labute approximate surface area is 142 Å². The predicted octanol–water partition coefficient (Wildman–Crippen LogP) is 4.95. The van der Waals surface area contributed by atoms with Crippen LogP contribution in [0.1, 0.15) is 37.8 Å². The van der Waals surface area contributed by atoms with Crippen LogP contribution in [0.4, 0.5) is 5.69 Å². The van der Waals surface area contributed by atoms with Crippen molar-refractivity contribution in [1.29, 1.82) is 0 Å². The first-order chi connectivity index (χ1) is 11.4. The third kappa shape index (κ3) is 3.65. The van der Waals surface area contributed by atoms with Gasteiger partial charge in [0.1, 0.15) is 0 Å². The van der Waals surface area contributed by atoms with Gasteiger partial charge >= 0.3 is 0 Å². The summed E-state index contributed by atoms with van der Waals surface area (Å²) in [5.41, 5.74) is 4.61. The number of anilines is 1. The Balaban J connectivity index is 1.67. The first-order valence-electron chi connectivity index (χ1n) is 8.16. The van der Waals surface area contributed by atoms with Gasteiger partial charge < -0.3 is 9.73 Å². The van der Waals surface area contributed by atoms with Gasteiger partial charge in [-0.2, -0.15) is 0 Å². The van der Waals surface area contributed by atoms with Gasteiger partial charge in [-0.1, -0.05) is 51.1 Å². The molecule has 0 radical (unpaired) electrons. The number of benzene rings is 2. The number of nitrogens with one attached hydrogen (secondary N) is 1. The quantitative estimate of drug-likeness (QED) is 0.738. The molecule has 24 heavy (non-hydrogen) atoms. The summed E-state index contributed by atoms with van der Waals surface area (Å²) in [5.74, 6) is 1.14. The highest BCUT2D eigenvalue weighted by Crippen LogP contribution is 2.24. The van der Waals surface area contributed by atoms with Gasteiger partial charge in [0.05, 0.1) is 6.54 Å². The van der Waals surface area contributed by atoms with E-state index in [0.29, 0.717) is 18.3 Å². The van der Waals surface area contributed by atoms with Crippen LogP contribution in [0.15, 0.2) is 52.9 Å². The zero-order chi connectivity index (χ0) is 17.2. The molecule has 0 saturated carbocycles. The molecule has 0 aliphatic carbocycles. The minimum atomic E-state index is 0.160. The fourth-order valence-corrected chi connectivity index (χ4v) is 2.51. The summed E-state index contributed by atoms with van der Waals surface area (Å²) < 4.78 is 5.77. The molecule has 1 N–H and O–H groups in total. The lowest BCUT2D eigenvalue weighted by molar-refractivity contribution is 0.514. The average Bonchev–Trinajstić information content (AvgIpc) is 3.02. The zero-order valence-electron chi connectivity index (χ0n) is 14.6. The van der Waals surface area contributed by atoms with E-state index in [1.165, 1.54) is 5.56 Å². The van der Waals surface area contributed by atoms with E-state index in [4.69, 9.17) is 4.42 Å². The molecule has 0 aliphatic rings. The van der Waals surface area contributed by atoms with Crippen molar-refractivity contribution in [2.45, 2.75) is 39.7 Å². The van der Waals surface area contributed by atoms with Gasteiger partial charge in [0, 0.05) is 11.3 Å². The number of aryl methyl sites for hydroxylation is 1. The third-order valence-corrected chi connectivity index (χ3v) is 4.04. The number of hydrogen-bond acceptors (Lipinski definition) is 4. The molecule has 0 bridgehead atoms. The van der Waals surface area contributed by atoms with Crippen molar-refractivity contribution in [3.63, 3.8) is 0 Å². The molecule has 0 saturated heterocycles. The maximum atomic E-state index is 5.77. The number of nitrogens with zero attached hydrogens (tertiary/aromatic N) is 2. The highest BCUT2D eigenvalue weighted by Gasteiger charge is 2.13. The van der Waals surface area contributed by atoms with Crippen molar-refractivity contribution in [2.24, 2.45) is 0 Å². The highest BCUT2D eigenvalue weighted by molar-refractivity contribution is 5.57. The van der Waals surface area contributed by atoms with E-state index in [2.05, 4.69) is 60.6 Å². The van der Waals surface area contributed by atoms with E-state index in [9.17, 15) is 0 Å². The summed E-state index contributed by atoms with van der Waals surface area (Å²) in [6.45, 7) is 9.17. The molecule has 3 aromatic rings. The van der Waals surface area contributed by atoms with E-state index in [1.54, 1.807) is 0 Å². The lowest BCUT2D eigenvalue weighted by Crippen LogP contribution is -2.10. The molecule has 0 spiro atoms. The molecule has 1 heterocycles. The van der Waals surface area contributed by atoms with Crippen LogP contribution in [0.3, 0.4) is 0 Å². The van der Waals surface area contributed by atoms with Crippen LogP contribution in [-0.2, 0) is 12.0 Å². The van der Waals surface area contributed by atoms with Crippen LogP contribution < -0.4 is 5.32 Å². The van der Waals surface area contributed by atoms with Gasteiger partial charge in [-0.25, -0.2) is 0 Å². The molecule has 0 fully saturated rings. The van der Waals surface area contributed by atoms with E-state index in [1.807, 2.05) is 31.2 Å². The Morgan fingerprint density at radius 2 is 1.67 bits per heavy atom. The third-order valence-electron chi connectivity index (χ3n) is 4.04. The first kappa shape index (κ1) is 16.2. The van der Waals surface area contributed by atoms with Crippen molar-refractivity contribution in [1.82, 2.24) is 10.2 Å². The zero-order valence-corrected chi connectivity index (χ0v) is 14.6. The Morgan fingerprint density at radius 1 is 0.958 bits per heavy atom. The van der Waals surface area contributed by atoms with Crippen molar-refractivity contribution in [3.05, 3.63) is 65.5 Å².